The molecule has 0 unspecified atom stereocenters. The molecular formula is C28H37N5O2. The van der Waals surface area contributed by atoms with Crippen molar-refractivity contribution in [2.45, 2.75) is 74.5 Å². The second-order valence-corrected chi connectivity index (χ2v) is 9.25. The molecule has 0 bridgehead atoms. The number of aryl methyl sites for hydroxylation is 1. The largest absolute Gasteiger partial charge is 0.392 e. The van der Waals surface area contributed by atoms with Gasteiger partial charge < -0.3 is 14.6 Å². The van der Waals surface area contributed by atoms with Crippen LogP contribution in [0.5, 0.6) is 0 Å². The van der Waals surface area contributed by atoms with E-state index in [9.17, 15) is 15.2 Å². The van der Waals surface area contributed by atoms with Gasteiger partial charge in [0.05, 0.1) is 29.2 Å². The van der Waals surface area contributed by atoms with E-state index in [1.54, 1.807) is 22.7 Å². The number of aromatic nitrogens is 3. The molecule has 1 amide bonds. The highest BCUT2D eigenvalue weighted by Crippen LogP contribution is 2.40. The summed E-state index contributed by atoms with van der Waals surface area (Å²) in [5.74, 6) is -0.0420. The Bertz CT molecular complexity index is 1260. The van der Waals surface area contributed by atoms with Gasteiger partial charge >= 0.3 is 0 Å². The molecule has 5 rings (SSSR count). The van der Waals surface area contributed by atoms with Crippen LogP contribution in [0.2, 0.25) is 0 Å². The molecule has 2 aromatic heterocycles. The summed E-state index contributed by atoms with van der Waals surface area (Å²) in [7, 11) is 0. The van der Waals surface area contributed by atoms with E-state index in [1.807, 2.05) is 45.9 Å². The molecule has 0 saturated heterocycles. The Labute approximate surface area is 208 Å². The van der Waals surface area contributed by atoms with E-state index >= 15 is 0 Å². The van der Waals surface area contributed by atoms with Crippen molar-refractivity contribution >= 4 is 11.6 Å². The average molecular weight is 476 g/mol. The number of rotatable bonds is 3. The third-order valence-corrected chi connectivity index (χ3v) is 6.47. The fourth-order valence-electron chi connectivity index (χ4n) is 5.03. The highest BCUT2D eigenvalue weighted by Gasteiger charge is 2.37. The number of benzene rings is 1. The van der Waals surface area contributed by atoms with Crippen LogP contribution in [-0.2, 0) is 26.0 Å². The number of aliphatic hydroxyl groups excluding tert-OH is 1. The Hall–Kier alpha value is -3.37. The maximum absolute atomic E-state index is 13.5. The Morgan fingerprint density at radius 3 is 2.43 bits per heavy atom. The number of hydrogen-bond donors (Lipinski definition) is 1. The van der Waals surface area contributed by atoms with Crippen molar-refractivity contribution in [2.75, 3.05) is 11.4 Å². The predicted molar refractivity (Wildman–Crippen MR) is 139 cm³/mol. The van der Waals surface area contributed by atoms with E-state index in [4.69, 9.17) is 0 Å². The second-order valence-electron chi connectivity index (χ2n) is 9.25. The van der Waals surface area contributed by atoms with Crippen LogP contribution >= 0.6 is 0 Å². The lowest BCUT2D eigenvalue weighted by atomic mass is 9.90. The van der Waals surface area contributed by atoms with Gasteiger partial charge in [0, 0.05) is 30.5 Å². The van der Waals surface area contributed by atoms with E-state index in [1.165, 1.54) is 11.3 Å². The van der Waals surface area contributed by atoms with Crippen LogP contribution in [0.1, 0.15) is 80.1 Å². The fraction of sp³-hybridized carbons (Fsp3) is 0.464. The summed E-state index contributed by atoms with van der Waals surface area (Å²) in [4.78, 5) is 15.2. The summed E-state index contributed by atoms with van der Waals surface area (Å²) in [5, 5.41) is 23.9. The standard InChI is InChI=1S/C24H25N5O2.2C2H6/c1-15-17(12-25)13-29(26-15)20-6-4-5-19(18(20)14-30)28-8-7-27-21(23(28)31)9-16-10-24(2,3)11-22(16)27;2*1-2/h4-6,9,13,30H,7-8,10-11,14H2,1-3H3;2*1-2H3. The van der Waals surface area contributed by atoms with Crippen LogP contribution < -0.4 is 4.90 Å². The molecule has 1 aliphatic heterocycles. The van der Waals surface area contributed by atoms with Crippen molar-refractivity contribution in [3.8, 4) is 11.8 Å². The number of nitrogens with zero attached hydrogens (tertiary/aromatic N) is 5. The first kappa shape index (κ1) is 26.2. The molecule has 0 spiro atoms. The lowest BCUT2D eigenvalue weighted by Gasteiger charge is -2.31. The van der Waals surface area contributed by atoms with E-state index in [0.29, 0.717) is 34.7 Å². The molecule has 35 heavy (non-hydrogen) atoms. The molecular weight excluding hydrogens is 438 g/mol. The molecule has 7 heteroatoms. The van der Waals surface area contributed by atoms with Gasteiger partial charge in [-0.25, -0.2) is 4.68 Å². The zero-order chi connectivity index (χ0) is 25.9. The van der Waals surface area contributed by atoms with E-state index < -0.39 is 0 Å². The average Bonchev–Trinajstić information content (AvgIpc) is 3.50. The molecule has 186 valence electrons. The van der Waals surface area contributed by atoms with Crippen LogP contribution in [0.4, 0.5) is 5.69 Å². The van der Waals surface area contributed by atoms with Crippen molar-refractivity contribution in [1.82, 2.24) is 14.3 Å². The number of aliphatic hydroxyl groups is 1. The fourth-order valence-corrected chi connectivity index (χ4v) is 5.03. The summed E-state index contributed by atoms with van der Waals surface area (Å²) in [6.45, 7) is 15.4. The van der Waals surface area contributed by atoms with Crippen molar-refractivity contribution in [1.29, 1.82) is 5.26 Å². The van der Waals surface area contributed by atoms with Crippen molar-refractivity contribution in [3.05, 3.63) is 64.2 Å². The third-order valence-electron chi connectivity index (χ3n) is 6.47. The van der Waals surface area contributed by atoms with Gasteiger partial charge in [0.1, 0.15) is 11.8 Å². The molecule has 7 nitrogen and oxygen atoms in total. The molecule has 1 aromatic carbocycles. The van der Waals surface area contributed by atoms with Gasteiger partial charge in [-0.3, -0.25) is 4.79 Å². The lowest BCUT2D eigenvalue weighted by molar-refractivity contribution is 0.0963. The van der Waals surface area contributed by atoms with Crippen LogP contribution in [-0.4, -0.2) is 31.9 Å². The summed E-state index contributed by atoms with van der Waals surface area (Å²) in [5.41, 5.74) is 6.63. The summed E-state index contributed by atoms with van der Waals surface area (Å²) in [6.07, 6.45) is 3.64. The maximum Gasteiger partial charge on any atom is 0.274 e. The Morgan fingerprint density at radius 2 is 1.80 bits per heavy atom. The molecule has 0 radical (unpaired) electrons. The number of carbonyl (C=O) groups is 1. The number of nitriles is 1. The number of carbonyl (C=O) groups excluding carboxylic acids is 1. The highest BCUT2D eigenvalue weighted by atomic mass is 16.3. The van der Waals surface area contributed by atoms with Crippen LogP contribution in [0, 0.1) is 23.7 Å². The van der Waals surface area contributed by atoms with Gasteiger partial charge in [0.15, 0.2) is 0 Å². The quantitative estimate of drug-likeness (QED) is 0.565. The van der Waals surface area contributed by atoms with Gasteiger partial charge in [0.25, 0.3) is 5.91 Å². The normalized spacial score (nSPS) is 15.3. The van der Waals surface area contributed by atoms with Crippen LogP contribution in [0.3, 0.4) is 0 Å². The number of hydrogen-bond acceptors (Lipinski definition) is 4. The lowest BCUT2D eigenvalue weighted by Crippen LogP contribution is -2.41. The Kier molecular flexibility index (Phi) is 7.86. The van der Waals surface area contributed by atoms with Gasteiger partial charge in [-0.2, -0.15) is 10.4 Å². The van der Waals surface area contributed by atoms with Crippen LogP contribution in [0.15, 0.2) is 30.5 Å². The second kappa shape index (κ2) is 10.5. The molecule has 2 aliphatic rings. The van der Waals surface area contributed by atoms with Crippen molar-refractivity contribution < 1.29 is 9.90 Å². The van der Waals surface area contributed by atoms with E-state index in [0.717, 1.165) is 25.1 Å². The zero-order valence-electron chi connectivity index (χ0n) is 22.0. The minimum absolute atomic E-state index is 0.0420. The summed E-state index contributed by atoms with van der Waals surface area (Å²) in [6, 6.07) is 9.75. The monoisotopic (exact) mass is 475 g/mol. The molecule has 0 saturated carbocycles. The first-order chi connectivity index (χ1) is 16.8. The minimum atomic E-state index is -0.234. The van der Waals surface area contributed by atoms with Gasteiger partial charge in [0.2, 0.25) is 0 Å². The molecule has 0 atom stereocenters. The molecule has 1 N–H and O–H groups in total. The number of amides is 1. The molecule has 3 aromatic rings. The predicted octanol–water partition coefficient (Wildman–Crippen LogP) is 5.18. The van der Waals surface area contributed by atoms with Crippen molar-refractivity contribution in [2.24, 2.45) is 5.41 Å². The van der Waals surface area contributed by atoms with E-state index in [-0.39, 0.29) is 17.9 Å². The zero-order valence-corrected chi connectivity index (χ0v) is 22.0. The highest BCUT2D eigenvalue weighted by molar-refractivity contribution is 6.06. The minimum Gasteiger partial charge on any atom is -0.392 e. The Morgan fingerprint density at radius 1 is 1.11 bits per heavy atom. The number of anilines is 1. The molecule has 0 fully saturated rings. The summed E-state index contributed by atoms with van der Waals surface area (Å²) < 4.78 is 3.79. The van der Waals surface area contributed by atoms with Crippen LogP contribution in [0.25, 0.3) is 5.69 Å². The smallest absolute Gasteiger partial charge is 0.274 e. The van der Waals surface area contributed by atoms with Crippen molar-refractivity contribution in [3.63, 3.8) is 0 Å². The van der Waals surface area contributed by atoms with Gasteiger partial charge in [-0.15, -0.1) is 0 Å². The molecule has 1 aliphatic carbocycles. The molecule has 3 heterocycles. The van der Waals surface area contributed by atoms with Gasteiger partial charge in [-0.05, 0) is 48.9 Å². The van der Waals surface area contributed by atoms with E-state index in [2.05, 4.69) is 35.6 Å². The number of fused-ring (bicyclic) bond motifs is 3. The van der Waals surface area contributed by atoms with Gasteiger partial charge in [-0.1, -0.05) is 47.6 Å². The third kappa shape index (κ3) is 4.63. The maximum atomic E-state index is 13.5. The first-order valence-electron chi connectivity index (χ1n) is 12.6. The first-order valence-corrected chi connectivity index (χ1v) is 12.6. The summed E-state index contributed by atoms with van der Waals surface area (Å²) >= 11 is 0. The topological polar surface area (TPSA) is 87.1 Å². The SMILES string of the molecule is CC.CC.Cc1nn(-c2cccc(N3CCn4c(cc5c4CC(C)(C)C5)C3=O)c2CO)cc1C#N. The Balaban J connectivity index is 0.000000815.